The Morgan fingerprint density at radius 1 is 0.241 bits per heavy atom. The second-order valence-corrected chi connectivity index (χ2v) is 14.3. The summed E-state index contributed by atoms with van der Waals surface area (Å²) in [7, 11) is 0. The number of furan rings is 2. The van der Waals surface area contributed by atoms with Gasteiger partial charge in [-0.25, -0.2) is 0 Å². The normalized spacial score (nSPS) is 12.1. The van der Waals surface area contributed by atoms with E-state index in [4.69, 9.17) is 8.83 Å². The Hall–Kier alpha value is -7.16. The number of hydrogen-bond acceptors (Lipinski definition) is 2. The highest BCUT2D eigenvalue weighted by atomic mass is 16.3. The molecule has 12 aromatic rings. The van der Waals surface area contributed by atoms with Crippen LogP contribution in [0.15, 0.2) is 191 Å². The molecule has 0 aliphatic rings. The fourth-order valence-corrected chi connectivity index (χ4v) is 9.12. The van der Waals surface area contributed by atoms with E-state index >= 15 is 0 Å². The third kappa shape index (κ3) is 4.11. The standard InChI is InChI=1S/C52H30O2/c1-2-14-31(15-3-1)50-37-20-7-9-22-39(37)51(40-23-10-8-21-38(40)50)41-27-26-35(32-16-4-5-17-33(32)41)43-28-46-45-30-48-44(36-19-12-13-25-47(36)53-48)29-49(45)54-52(46)42-24-11-6-18-34(42)43/h1-30H. The van der Waals surface area contributed by atoms with Crippen LogP contribution in [-0.4, -0.2) is 0 Å². The highest BCUT2D eigenvalue weighted by Gasteiger charge is 2.21. The van der Waals surface area contributed by atoms with Crippen molar-refractivity contribution < 1.29 is 8.83 Å². The predicted octanol–water partition coefficient (Wildman–Crippen LogP) is 15.1. The van der Waals surface area contributed by atoms with Crippen LogP contribution in [0.5, 0.6) is 0 Å². The molecule has 2 heterocycles. The molecule has 54 heavy (non-hydrogen) atoms. The van der Waals surface area contributed by atoms with Crippen molar-refractivity contribution >= 4 is 87.0 Å². The first-order valence-corrected chi connectivity index (χ1v) is 18.5. The fourth-order valence-electron chi connectivity index (χ4n) is 9.12. The molecule has 0 saturated carbocycles. The second kappa shape index (κ2) is 11.2. The predicted molar refractivity (Wildman–Crippen MR) is 227 cm³/mol. The van der Waals surface area contributed by atoms with Gasteiger partial charge in [-0.05, 0) is 95.3 Å². The van der Waals surface area contributed by atoms with Crippen molar-refractivity contribution in [2.24, 2.45) is 0 Å². The van der Waals surface area contributed by atoms with Crippen molar-refractivity contribution in [2.75, 3.05) is 0 Å². The highest BCUT2D eigenvalue weighted by molar-refractivity contribution is 6.26. The van der Waals surface area contributed by atoms with Crippen LogP contribution < -0.4 is 0 Å². The largest absolute Gasteiger partial charge is 0.456 e. The molecule has 0 bridgehead atoms. The third-order valence-corrected chi connectivity index (χ3v) is 11.5. The van der Waals surface area contributed by atoms with E-state index in [-0.39, 0.29) is 0 Å². The van der Waals surface area contributed by atoms with E-state index in [0.717, 1.165) is 49.3 Å². The lowest BCUT2D eigenvalue weighted by Crippen LogP contribution is -1.92. The topological polar surface area (TPSA) is 26.3 Å². The van der Waals surface area contributed by atoms with Crippen molar-refractivity contribution in [3.63, 3.8) is 0 Å². The lowest BCUT2D eigenvalue weighted by molar-refractivity contribution is 0.665. The summed E-state index contributed by atoms with van der Waals surface area (Å²) in [6.45, 7) is 0. The molecule has 2 heteroatoms. The Balaban J connectivity index is 1.15. The second-order valence-electron chi connectivity index (χ2n) is 14.3. The molecule has 250 valence electrons. The van der Waals surface area contributed by atoms with Gasteiger partial charge < -0.3 is 8.83 Å². The van der Waals surface area contributed by atoms with Crippen LogP contribution >= 0.6 is 0 Å². The van der Waals surface area contributed by atoms with Crippen LogP contribution in [0, 0.1) is 0 Å². The molecule has 0 N–H and O–H groups in total. The minimum absolute atomic E-state index is 0.865. The Bertz CT molecular complexity index is 3430. The van der Waals surface area contributed by atoms with Gasteiger partial charge in [0.2, 0.25) is 0 Å². The van der Waals surface area contributed by atoms with Gasteiger partial charge in [0.1, 0.15) is 22.3 Å². The summed E-state index contributed by atoms with van der Waals surface area (Å²) in [5.74, 6) is 0. The molecule has 0 fully saturated rings. The van der Waals surface area contributed by atoms with E-state index < -0.39 is 0 Å². The maximum absolute atomic E-state index is 6.73. The summed E-state index contributed by atoms with van der Waals surface area (Å²) >= 11 is 0. The van der Waals surface area contributed by atoms with Gasteiger partial charge in [0.25, 0.3) is 0 Å². The summed E-state index contributed by atoms with van der Waals surface area (Å²) in [6, 6.07) is 65.7. The van der Waals surface area contributed by atoms with E-state index in [0.29, 0.717) is 0 Å². The van der Waals surface area contributed by atoms with Gasteiger partial charge in [-0.3, -0.25) is 0 Å². The zero-order chi connectivity index (χ0) is 35.3. The number of hydrogen-bond donors (Lipinski definition) is 0. The molecule has 0 aliphatic heterocycles. The van der Waals surface area contributed by atoms with E-state index in [1.807, 2.05) is 12.1 Å². The van der Waals surface area contributed by atoms with Crippen LogP contribution in [0.3, 0.4) is 0 Å². The van der Waals surface area contributed by atoms with E-state index in [1.165, 1.54) is 71.1 Å². The van der Waals surface area contributed by atoms with Crippen molar-refractivity contribution in [2.45, 2.75) is 0 Å². The highest BCUT2D eigenvalue weighted by Crippen LogP contribution is 2.48. The molecular weight excluding hydrogens is 657 g/mol. The van der Waals surface area contributed by atoms with Crippen LogP contribution in [-0.2, 0) is 0 Å². The summed E-state index contributed by atoms with van der Waals surface area (Å²) in [6.07, 6.45) is 0. The van der Waals surface area contributed by atoms with Crippen molar-refractivity contribution in [3.8, 4) is 33.4 Å². The van der Waals surface area contributed by atoms with Gasteiger partial charge in [0, 0.05) is 26.9 Å². The van der Waals surface area contributed by atoms with Gasteiger partial charge in [0.15, 0.2) is 0 Å². The molecular formula is C52H30O2. The molecule has 0 amide bonds. The Labute approximate surface area is 310 Å². The van der Waals surface area contributed by atoms with E-state index in [9.17, 15) is 0 Å². The van der Waals surface area contributed by atoms with Gasteiger partial charge in [-0.15, -0.1) is 0 Å². The van der Waals surface area contributed by atoms with Crippen molar-refractivity contribution in [1.29, 1.82) is 0 Å². The Morgan fingerprint density at radius 2 is 0.704 bits per heavy atom. The zero-order valence-electron chi connectivity index (χ0n) is 29.1. The molecule has 0 spiro atoms. The molecule has 0 radical (unpaired) electrons. The fraction of sp³-hybridized carbons (Fsp3) is 0. The molecule has 12 rings (SSSR count). The van der Waals surface area contributed by atoms with Gasteiger partial charge >= 0.3 is 0 Å². The maximum Gasteiger partial charge on any atom is 0.143 e. The van der Waals surface area contributed by atoms with E-state index in [2.05, 4.69) is 170 Å². The maximum atomic E-state index is 6.73. The molecule has 0 unspecified atom stereocenters. The molecule has 0 atom stereocenters. The van der Waals surface area contributed by atoms with Gasteiger partial charge in [-0.2, -0.15) is 0 Å². The number of rotatable bonds is 3. The summed E-state index contributed by atoms with van der Waals surface area (Å²) in [4.78, 5) is 0. The lowest BCUT2D eigenvalue weighted by atomic mass is 9.83. The first kappa shape index (κ1) is 29.4. The average molecular weight is 687 g/mol. The van der Waals surface area contributed by atoms with Gasteiger partial charge in [0.05, 0.1) is 0 Å². The van der Waals surface area contributed by atoms with Crippen LogP contribution in [0.4, 0.5) is 0 Å². The molecule has 2 aromatic heterocycles. The minimum atomic E-state index is 0.865. The summed E-state index contributed by atoms with van der Waals surface area (Å²) < 4.78 is 13.1. The minimum Gasteiger partial charge on any atom is -0.456 e. The smallest absolute Gasteiger partial charge is 0.143 e. The Morgan fingerprint density at radius 3 is 1.37 bits per heavy atom. The van der Waals surface area contributed by atoms with Crippen molar-refractivity contribution in [1.82, 2.24) is 0 Å². The van der Waals surface area contributed by atoms with E-state index in [1.54, 1.807) is 0 Å². The number of para-hydroxylation sites is 1. The molecule has 0 saturated heterocycles. The monoisotopic (exact) mass is 686 g/mol. The first-order chi connectivity index (χ1) is 26.8. The molecule has 10 aromatic carbocycles. The Kier molecular flexibility index (Phi) is 6.09. The molecule has 0 aliphatic carbocycles. The van der Waals surface area contributed by atoms with Crippen molar-refractivity contribution in [3.05, 3.63) is 182 Å². The van der Waals surface area contributed by atoms with Crippen LogP contribution in [0.1, 0.15) is 0 Å². The van der Waals surface area contributed by atoms with Crippen LogP contribution in [0.25, 0.3) is 120 Å². The SMILES string of the molecule is c1ccc(-c2c3ccccc3c(-c3ccc(-c4cc5c6cc7oc8ccccc8c7cc6oc5c5ccccc45)c4ccccc34)c3ccccc23)cc1. The third-order valence-electron chi connectivity index (χ3n) is 11.5. The summed E-state index contributed by atoms with van der Waals surface area (Å²) in [5, 5.41) is 14.0. The quantitative estimate of drug-likeness (QED) is 0.173. The number of fused-ring (bicyclic) bond motifs is 11. The lowest BCUT2D eigenvalue weighted by Gasteiger charge is -2.20. The average Bonchev–Trinajstić information content (AvgIpc) is 3.79. The molecule has 2 nitrogen and oxygen atoms in total. The zero-order valence-corrected chi connectivity index (χ0v) is 29.1. The first-order valence-electron chi connectivity index (χ1n) is 18.5. The van der Waals surface area contributed by atoms with Gasteiger partial charge in [-0.1, -0.05) is 158 Å². The summed E-state index contributed by atoms with van der Waals surface area (Å²) in [5.41, 5.74) is 10.9. The van der Waals surface area contributed by atoms with Crippen LogP contribution in [0.2, 0.25) is 0 Å². The number of benzene rings is 10.